The van der Waals surface area contributed by atoms with E-state index in [9.17, 15) is 9.59 Å². The second-order valence-electron chi connectivity index (χ2n) is 7.05. The van der Waals surface area contributed by atoms with E-state index in [1.54, 1.807) is 6.20 Å². The molecule has 1 saturated heterocycles. The van der Waals surface area contributed by atoms with Crippen LogP contribution in [0.1, 0.15) is 29.0 Å². The fraction of sp³-hybridized carbons (Fsp3) is 0.286. The summed E-state index contributed by atoms with van der Waals surface area (Å²) in [6.45, 7) is 2.53. The van der Waals surface area contributed by atoms with Crippen LogP contribution in [0.5, 0.6) is 0 Å². The number of H-pyrrole nitrogens is 1. The predicted molar refractivity (Wildman–Crippen MR) is 106 cm³/mol. The second-order valence-corrected chi connectivity index (χ2v) is 7.05. The van der Waals surface area contributed by atoms with Gasteiger partial charge in [0.05, 0.1) is 11.4 Å². The smallest absolute Gasteiger partial charge is 0.271 e. The summed E-state index contributed by atoms with van der Waals surface area (Å²) in [5, 5.41) is 5.97. The van der Waals surface area contributed by atoms with Gasteiger partial charge in [-0.05, 0) is 43.7 Å². The van der Waals surface area contributed by atoms with E-state index in [1.807, 2.05) is 48.5 Å². The van der Waals surface area contributed by atoms with Crippen molar-refractivity contribution in [1.29, 1.82) is 0 Å². The van der Waals surface area contributed by atoms with Crippen LogP contribution in [0.3, 0.4) is 0 Å². The van der Waals surface area contributed by atoms with Gasteiger partial charge in [-0.25, -0.2) is 4.68 Å². The summed E-state index contributed by atoms with van der Waals surface area (Å²) in [6.07, 6.45) is 3.74. The van der Waals surface area contributed by atoms with Gasteiger partial charge in [0, 0.05) is 31.4 Å². The first-order valence-electron chi connectivity index (χ1n) is 9.49. The molecule has 3 heterocycles. The summed E-state index contributed by atoms with van der Waals surface area (Å²) in [5.74, 6) is -0.253. The predicted octanol–water partition coefficient (Wildman–Crippen LogP) is 1.95. The van der Waals surface area contributed by atoms with E-state index < -0.39 is 0 Å². The third-order valence-corrected chi connectivity index (χ3v) is 4.93. The van der Waals surface area contributed by atoms with Crippen molar-refractivity contribution in [3.63, 3.8) is 0 Å². The highest BCUT2D eigenvalue weighted by Gasteiger charge is 2.23. The SMILES string of the molecule is O=C(N[C@H]1CCCN(Cc2ccccn2)C1)c1cc(=O)n(-c2ccccc2)[nH]1. The number of rotatable bonds is 5. The van der Waals surface area contributed by atoms with Gasteiger partial charge < -0.3 is 5.32 Å². The molecule has 1 amide bonds. The van der Waals surface area contributed by atoms with E-state index in [0.717, 1.165) is 38.2 Å². The molecule has 0 unspecified atom stereocenters. The molecular weight excluding hydrogens is 354 g/mol. The van der Waals surface area contributed by atoms with E-state index in [4.69, 9.17) is 0 Å². The highest BCUT2D eigenvalue weighted by Crippen LogP contribution is 2.13. The number of carbonyl (C=O) groups excluding carboxylic acids is 1. The van der Waals surface area contributed by atoms with Crippen LogP contribution in [0, 0.1) is 0 Å². The summed E-state index contributed by atoms with van der Waals surface area (Å²) in [4.78, 5) is 31.6. The first-order valence-corrected chi connectivity index (χ1v) is 9.49. The zero-order valence-electron chi connectivity index (χ0n) is 15.5. The van der Waals surface area contributed by atoms with Gasteiger partial charge in [-0.15, -0.1) is 0 Å². The quantitative estimate of drug-likeness (QED) is 0.712. The summed E-state index contributed by atoms with van der Waals surface area (Å²) in [6, 6.07) is 16.5. The van der Waals surface area contributed by atoms with Crippen LogP contribution in [0.2, 0.25) is 0 Å². The Bertz CT molecular complexity index is 981. The fourth-order valence-corrected chi connectivity index (χ4v) is 3.58. The normalized spacial score (nSPS) is 17.4. The molecule has 3 aromatic rings. The van der Waals surface area contributed by atoms with Crippen LogP contribution in [-0.4, -0.2) is 44.7 Å². The number of para-hydroxylation sites is 1. The number of nitrogens with one attached hydrogen (secondary N) is 2. The van der Waals surface area contributed by atoms with Crippen molar-refractivity contribution in [2.45, 2.75) is 25.4 Å². The maximum absolute atomic E-state index is 12.6. The van der Waals surface area contributed by atoms with Crippen LogP contribution >= 0.6 is 0 Å². The summed E-state index contributed by atoms with van der Waals surface area (Å²) >= 11 is 0. The van der Waals surface area contributed by atoms with Gasteiger partial charge in [0.1, 0.15) is 5.69 Å². The zero-order valence-corrected chi connectivity index (χ0v) is 15.5. The molecule has 2 N–H and O–H groups in total. The number of likely N-dealkylation sites (tertiary alicyclic amines) is 1. The zero-order chi connectivity index (χ0) is 19.3. The number of aromatic amines is 1. The first-order chi connectivity index (χ1) is 13.7. The van der Waals surface area contributed by atoms with E-state index >= 15 is 0 Å². The largest absolute Gasteiger partial charge is 0.347 e. The van der Waals surface area contributed by atoms with Gasteiger partial charge in [0.25, 0.3) is 11.5 Å². The Morgan fingerprint density at radius 3 is 2.79 bits per heavy atom. The number of nitrogens with zero attached hydrogens (tertiary/aromatic N) is 3. The number of carbonyl (C=O) groups is 1. The minimum atomic E-state index is -0.253. The number of benzene rings is 1. The van der Waals surface area contributed by atoms with E-state index in [0.29, 0.717) is 5.69 Å². The van der Waals surface area contributed by atoms with Crippen LogP contribution in [0.15, 0.2) is 65.6 Å². The lowest BCUT2D eigenvalue weighted by molar-refractivity contribution is 0.0895. The number of hydrogen-bond acceptors (Lipinski definition) is 4. The van der Waals surface area contributed by atoms with Gasteiger partial charge in [0.2, 0.25) is 0 Å². The Morgan fingerprint density at radius 1 is 1.18 bits per heavy atom. The summed E-state index contributed by atoms with van der Waals surface area (Å²) < 4.78 is 1.38. The Hall–Kier alpha value is -3.19. The molecule has 1 aliphatic rings. The number of pyridine rings is 1. The Morgan fingerprint density at radius 2 is 2.00 bits per heavy atom. The molecule has 1 aliphatic heterocycles. The van der Waals surface area contributed by atoms with Crippen molar-refractivity contribution in [3.8, 4) is 5.69 Å². The van der Waals surface area contributed by atoms with Crippen LogP contribution < -0.4 is 10.9 Å². The molecule has 1 atom stereocenters. The van der Waals surface area contributed by atoms with Crippen molar-refractivity contribution in [2.24, 2.45) is 0 Å². The minimum absolute atomic E-state index is 0.0496. The van der Waals surface area contributed by atoms with Gasteiger partial charge in [-0.2, -0.15) is 0 Å². The van der Waals surface area contributed by atoms with Gasteiger partial charge in [0.15, 0.2) is 0 Å². The van der Waals surface area contributed by atoms with Crippen LogP contribution in [0.4, 0.5) is 0 Å². The van der Waals surface area contributed by atoms with E-state index in [2.05, 4.69) is 20.3 Å². The summed E-state index contributed by atoms with van der Waals surface area (Å²) in [5.41, 5.74) is 1.75. The highest BCUT2D eigenvalue weighted by atomic mass is 16.2. The highest BCUT2D eigenvalue weighted by molar-refractivity contribution is 5.92. The van der Waals surface area contributed by atoms with Crippen molar-refractivity contribution < 1.29 is 4.79 Å². The standard InChI is InChI=1S/C21H23N5O2/c27-20-13-19(24-26(20)18-9-2-1-3-10-18)21(28)23-17-8-6-12-25(15-17)14-16-7-4-5-11-22-16/h1-5,7,9-11,13,17,24H,6,8,12,14-15H2,(H,23,28)/t17-/m0/s1. The molecule has 0 saturated carbocycles. The number of amides is 1. The van der Waals surface area contributed by atoms with Crippen LogP contribution in [0.25, 0.3) is 5.69 Å². The lowest BCUT2D eigenvalue weighted by Crippen LogP contribution is -2.47. The van der Waals surface area contributed by atoms with Crippen molar-refractivity contribution in [3.05, 3.63) is 82.5 Å². The molecule has 0 bridgehead atoms. The summed E-state index contributed by atoms with van der Waals surface area (Å²) in [7, 11) is 0. The van der Waals surface area contributed by atoms with Gasteiger partial charge in [-0.3, -0.25) is 24.6 Å². The molecule has 7 nitrogen and oxygen atoms in total. The maximum Gasteiger partial charge on any atom is 0.271 e. The molecule has 4 rings (SSSR count). The Labute approximate surface area is 163 Å². The second kappa shape index (κ2) is 8.22. The Balaban J connectivity index is 1.40. The molecule has 28 heavy (non-hydrogen) atoms. The first kappa shape index (κ1) is 18.2. The van der Waals surface area contributed by atoms with Crippen LogP contribution in [-0.2, 0) is 6.54 Å². The van der Waals surface area contributed by atoms with Crippen molar-refractivity contribution >= 4 is 5.91 Å². The lowest BCUT2D eigenvalue weighted by Gasteiger charge is -2.32. The molecule has 0 spiro atoms. The van der Waals surface area contributed by atoms with E-state index in [-0.39, 0.29) is 23.2 Å². The molecule has 1 fully saturated rings. The molecule has 0 radical (unpaired) electrons. The third-order valence-electron chi connectivity index (χ3n) is 4.93. The van der Waals surface area contributed by atoms with Crippen molar-refractivity contribution in [2.75, 3.05) is 13.1 Å². The maximum atomic E-state index is 12.6. The Kier molecular flexibility index (Phi) is 5.34. The average molecular weight is 377 g/mol. The lowest BCUT2D eigenvalue weighted by atomic mass is 10.1. The van der Waals surface area contributed by atoms with Crippen molar-refractivity contribution in [1.82, 2.24) is 25.0 Å². The number of hydrogen-bond donors (Lipinski definition) is 2. The molecular formula is C21H23N5O2. The topological polar surface area (TPSA) is 83.0 Å². The molecule has 144 valence electrons. The average Bonchev–Trinajstić information content (AvgIpc) is 3.12. The molecule has 7 heteroatoms. The van der Waals surface area contributed by atoms with E-state index in [1.165, 1.54) is 10.7 Å². The number of piperidine rings is 1. The fourth-order valence-electron chi connectivity index (χ4n) is 3.58. The monoisotopic (exact) mass is 377 g/mol. The van der Waals surface area contributed by atoms with Gasteiger partial charge in [-0.1, -0.05) is 24.3 Å². The molecule has 0 aliphatic carbocycles. The van der Waals surface area contributed by atoms with Gasteiger partial charge >= 0.3 is 0 Å². The molecule has 1 aromatic carbocycles. The minimum Gasteiger partial charge on any atom is -0.347 e. The number of aromatic nitrogens is 3. The molecule has 2 aromatic heterocycles. The third kappa shape index (κ3) is 4.20.